The monoisotopic (exact) mass is 288 g/mol. The van der Waals surface area contributed by atoms with Crippen molar-refractivity contribution in [2.45, 2.75) is 38.6 Å². The predicted molar refractivity (Wildman–Crippen MR) is 82.6 cm³/mol. The summed E-state index contributed by atoms with van der Waals surface area (Å²) in [4.78, 5) is 17.0. The standard InChI is InChI=1S/C17H24N2O2/c1-13-5-6-14(11-16(13)20)17(21)19-10-7-15(12-19)18-8-3-2-4-9-18/h5-6,11,15,20H,2-4,7-10,12H2,1H3/t15-/m1/s1. The predicted octanol–water partition coefficient (Wildman–Crippen LogP) is 2.40. The van der Waals surface area contributed by atoms with Crippen LogP contribution in [0.5, 0.6) is 5.75 Å². The van der Waals surface area contributed by atoms with Gasteiger partial charge in [0.25, 0.3) is 5.91 Å². The van der Waals surface area contributed by atoms with Crippen LogP contribution in [0.1, 0.15) is 41.6 Å². The Labute approximate surface area is 126 Å². The van der Waals surface area contributed by atoms with Gasteiger partial charge < -0.3 is 10.0 Å². The first-order valence-corrected chi connectivity index (χ1v) is 7.98. The van der Waals surface area contributed by atoms with E-state index in [-0.39, 0.29) is 11.7 Å². The van der Waals surface area contributed by atoms with Crippen molar-refractivity contribution in [2.24, 2.45) is 0 Å². The number of hydrogen-bond donors (Lipinski definition) is 1. The number of hydrogen-bond acceptors (Lipinski definition) is 3. The van der Waals surface area contributed by atoms with E-state index < -0.39 is 0 Å². The summed E-state index contributed by atoms with van der Waals surface area (Å²) < 4.78 is 0. The van der Waals surface area contributed by atoms with Crippen molar-refractivity contribution in [2.75, 3.05) is 26.2 Å². The summed E-state index contributed by atoms with van der Waals surface area (Å²) in [7, 11) is 0. The molecule has 4 nitrogen and oxygen atoms in total. The summed E-state index contributed by atoms with van der Waals surface area (Å²) in [5, 5.41) is 9.77. The summed E-state index contributed by atoms with van der Waals surface area (Å²) in [5.41, 5.74) is 1.40. The number of benzene rings is 1. The van der Waals surface area contributed by atoms with E-state index in [1.165, 1.54) is 32.4 Å². The van der Waals surface area contributed by atoms with Gasteiger partial charge >= 0.3 is 0 Å². The Balaban J connectivity index is 1.64. The van der Waals surface area contributed by atoms with E-state index in [2.05, 4.69) is 4.90 Å². The van der Waals surface area contributed by atoms with Crippen molar-refractivity contribution < 1.29 is 9.90 Å². The molecule has 4 heteroatoms. The Hall–Kier alpha value is -1.55. The highest BCUT2D eigenvalue weighted by Crippen LogP contribution is 2.23. The van der Waals surface area contributed by atoms with Gasteiger partial charge in [-0.3, -0.25) is 9.69 Å². The van der Waals surface area contributed by atoms with Crippen molar-refractivity contribution in [1.82, 2.24) is 9.80 Å². The minimum absolute atomic E-state index is 0.0461. The van der Waals surface area contributed by atoms with E-state index in [0.717, 1.165) is 25.1 Å². The Kier molecular flexibility index (Phi) is 4.15. The third kappa shape index (κ3) is 3.05. The summed E-state index contributed by atoms with van der Waals surface area (Å²) >= 11 is 0. The molecule has 1 aromatic carbocycles. The van der Waals surface area contributed by atoms with Crippen LogP contribution in [0.4, 0.5) is 0 Å². The average molecular weight is 288 g/mol. The summed E-state index contributed by atoms with van der Waals surface area (Å²) in [6, 6.07) is 5.73. The molecule has 0 bridgehead atoms. The third-order valence-corrected chi connectivity index (χ3v) is 4.81. The Bertz CT molecular complexity index is 524. The van der Waals surface area contributed by atoms with Crippen molar-refractivity contribution in [3.8, 4) is 5.75 Å². The van der Waals surface area contributed by atoms with E-state index in [1.807, 2.05) is 17.9 Å². The topological polar surface area (TPSA) is 43.8 Å². The maximum absolute atomic E-state index is 12.5. The molecule has 2 saturated heterocycles. The minimum Gasteiger partial charge on any atom is -0.508 e. The van der Waals surface area contributed by atoms with Gasteiger partial charge in [-0.1, -0.05) is 12.5 Å². The zero-order valence-electron chi connectivity index (χ0n) is 12.7. The van der Waals surface area contributed by atoms with E-state index in [0.29, 0.717) is 11.6 Å². The fraction of sp³-hybridized carbons (Fsp3) is 0.588. The highest BCUT2D eigenvalue weighted by Gasteiger charge is 2.31. The number of nitrogens with zero attached hydrogens (tertiary/aromatic N) is 2. The second-order valence-electron chi connectivity index (χ2n) is 6.29. The molecule has 114 valence electrons. The number of phenols is 1. The highest BCUT2D eigenvalue weighted by molar-refractivity contribution is 5.95. The molecule has 1 atom stereocenters. The summed E-state index contributed by atoms with van der Waals surface area (Å²) in [6.07, 6.45) is 4.99. The van der Waals surface area contributed by atoms with E-state index in [4.69, 9.17) is 0 Å². The van der Waals surface area contributed by atoms with Gasteiger partial charge in [0, 0.05) is 24.7 Å². The molecular weight excluding hydrogens is 264 g/mol. The molecule has 0 aromatic heterocycles. The molecule has 3 rings (SSSR count). The van der Waals surface area contributed by atoms with Crippen molar-refractivity contribution in [3.05, 3.63) is 29.3 Å². The number of piperidine rings is 1. The number of likely N-dealkylation sites (tertiary alicyclic amines) is 2. The number of carbonyl (C=O) groups excluding carboxylic acids is 1. The van der Waals surface area contributed by atoms with Crippen LogP contribution in [0.25, 0.3) is 0 Å². The zero-order chi connectivity index (χ0) is 14.8. The molecule has 2 fully saturated rings. The Morgan fingerprint density at radius 2 is 1.95 bits per heavy atom. The number of aryl methyl sites for hydroxylation is 1. The fourth-order valence-electron chi connectivity index (χ4n) is 3.43. The van der Waals surface area contributed by atoms with Crippen LogP contribution in [0, 0.1) is 6.92 Å². The molecule has 0 unspecified atom stereocenters. The molecule has 21 heavy (non-hydrogen) atoms. The van der Waals surface area contributed by atoms with E-state index in [1.54, 1.807) is 12.1 Å². The van der Waals surface area contributed by atoms with Crippen molar-refractivity contribution >= 4 is 5.91 Å². The SMILES string of the molecule is Cc1ccc(C(=O)N2CC[C@@H](N3CCCCC3)C2)cc1O. The van der Waals surface area contributed by atoms with Gasteiger partial charge in [-0.15, -0.1) is 0 Å². The van der Waals surface area contributed by atoms with Crippen LogP contribution in [0.3, 0.4) is 0 Å². The molecule has 0 spiro atoms. The molecule has 0 saturated carbocycles. The van der Waals surface area contributed by atoms with Crippen LogP contribution in [0.15, 0.2) is 18.2 Å². The van der Waals surface area contributed by atoms with Crippen LogP contribution in [-0.2, 0) is 0 Å². The van der Waals surface area contributed by atoms with Gasteiger partial charge in [0.2, 0.25) is 0 Å². The minimum atomic E-state index is 0.0461. The molecule has 1 aromatic rings. The lowest BCUT2D eigenvalue weighted by Crippen LogP contribution is -2.41. The molecular formula is C17H24N2O2. The maximum Gasteiger partial charge on any atom is 0.254 e. The van der Waals surface area contributed by atoms with Crippen LogP contribution >= 0.6 is 0 Å². The van der Waals surface area contributed by atoms with Gasteiger partial charge in [0.1, 0.15) is 5.75 Å². The normalized spacial score (nSPS) is 23.5. The number of phenolic OH excluding ortho intramolecular Hbond substituents is 1. The number of aromatic hydroxyl groups is 1. The largest absolute Gasteiger partial charge is 0.508 e. The fourth-order valence-corrected chi connectivity index (χ4v) is 3.43. The quantitative estimate of drug-likeness (QED) is 0.909. The zero-order valence-corrected chi connectivity index (χ0v) is 12.7. The van der Waals surface area contributed by atoms with Gasteiger partial charge in [-0.05, 0) is 57.0 Å². The Morgan fingerprint density at radius 1 is 1.19 bits per heavy atom. The lowest BCUT2D eigenvalue weighted by Gasteiger charge is -2.32. The maximum atomic E-state index is 12.5. The first-order valence-electron chi connectivity index (χ1n) is 7.98. The van der Waals surface area contributed by atoms with Gasteiger partial charge in [-0.2, -0.15) is 0 Å². The van der Waals surface area contributed by atoms with E-state index in [9.17, 15) is 9.90 Å². The molecule has 0 aliphatic carbocycles. The first kappa shape index (κ1) is 14.4. The average Bonchev–Trinajstić information content (AvgIpc) is 3.00. The molecule has 1 N–H and O–H groups in total. The second-order valence-corrected chi connectivity index (χ2v) is 6.29. The van der Waals surface area contributed by atoms with Gasteiger partial charge in [0.05, 0.1) is 0 Å². The summed E-state index contributed by atoms with van der Waals surface area (Å²) in [5.74, 6) is 0.248. The number of amides is 1. The summed E-state index contributed by atoms with van der Waals surface area (Å²) in [6.45, 7) is 5.85. The van der Waals surface area contributed by atoms with Crippen LogP contribution < -0.4 is 0 Å². The molecule has 1 amide bonds. The lowest BCUT2D eigenvalue weighted by atomic mass is 10.1. The molecule has 2 aliphatic rings. The van der Waals surface area contributed by atoms with Crippen molar-refractivity contribution in [1.29, 1.82) is 0 Å². The van der Waals surface area contributed by atoms with Crippen LogP contribution in [-0.4, -0.2) is 53.0 Å². The van der Waals surface area contributed by atoms with Gasteiger partial charge in [-0.25, -0.2) is 0 Å². The lowest BCUT2D eigenvalue weighted by molar-refractivity contribution is 0.0771. The molecule has 2 aliphatic heterocycles. The Morgan fingerprint density at radius 3 is 2.67 bits per heavy atom. The van der Waals surface area contributed by atoms with E-state index >= 15 is 0 Å². The van der Waals surface area contributed by atoms with Crippen molar-refractivity contribution in [3.63, 3.8) is 0 Å². The number of rotatable bonds is 2. The molecule has 2 heterocycles. The highest BCUT2D eigenvalue weighted by atomic mass is 16.3. The van der Waals surface area contributed by atoms with Crippen LogP contribution in [0.2, 0.25) is 0 Å². The molecule has 0 radical (unpaired) electrons. The second kappa shape index (κ2) is 6.06. The first-order chi connectivity index (χ1) is 10.1. The third-order valence-electron chi connectivity index (χ3n) is 4.81. The van der Waals surface area contributed by atoms with Gasteiger partial charge in [0.15, 0.2) is 0 Å². The smallest absolute Gasteiger partial charge is 0.254 e. The number of carbonyl (C=O) groups is 1.